The molecule has 1 aromatic rings. The number of benzene rings is 1. The lowest BCUT2D eigenvalue weighted by Crippen LogP contribution is -2.52. The van der Waals surface area contributed by atoms with Crippen LogP contribution in [0.25, 0.3) is 0 Å². The fourth-order valence-electron chi connectivity index (χ4n) is 3.01. The Morgan fingerprint density at radius 2 is 2.00 bits per heavy atom. The molecule has 1 N–H and O–H groups in total. The van der Waals surface area contributed by atoms with Crippen molar-refractivity contribution in [2.75, 3.05) is 13.1 Å². The highest BCUT2D eigenvalue weighted by molar-refractivity contribution is 5.77. The van der Waals surface area contributed by atoms with Crippen LogP contribution in [0, 0.1) is 11.2 Å². The number of rotatable bonds is 3. The van der Waals surface area contributed by atoms with Crippen LogP contribution in [0.3, 0.4) is 0 Å². The zero-order valence-corrected chi connectivity index (χ0v) is 14.3. The van der Waals surface area contributed by atoms with Gasteiger partial charge in [-0.15, -0.1) is 0 Å². The highest BCUT2D eigenvalue weighted by Crippen LogP contribution is 2.35. The van der Waals surface area contributed by atoms with Crippen LogP contribution < -0.4 is 0 Å². The number of nitrogens with zero attached hydrogens (tertiary/aromatic N) is 1. The van der Waals surface area contributed by atoms with Crippen LogP contribution in [0.2, 0.25) is 0 Å². The fourth-order valence-corrected chi connectivity index (χ4v) is 3.01. The molecular weight excluding hydrogens is 313 g/mol. The molecule has 1 aliphatic heterocycles. The molecule has 1 fully saturated rings. The lowest BCUT2D eigenvalue weighted by Gasteiger charge is -2.40. The summed E-state index contributed by atoms with van der Waals surface area (Å²) >= 11 is 0. The highest BCUT2D eigenvalue weighted by Gasteiger charge is 2.44. The summed E-state index contributed by atoms with van der Waals surface area (Å²) in [5.41, 5.74) is -1.49. The van der Waals surface area contributed by atoms with Gasteiger partial charge in [-0.1, -0.05) is 18.2 Å². The summed E-state index contributed by atoms with van der Waals surface area (Å²) in [4.78, 5) is 25.6. The number of carboxylic acid groups (broad SMARTS) is 1. The summed E-state index contributed by atoms with van der Waals surface area (Å²) in [6.07, 6.45) is 0.464. The number of likely N-dealkylation sites (tertiary alicyclic amines) is 1. The van der Waals surface area contributed by atoms with Gasteiger partial charge < -0.3 is 14.7 Å². The molecule has 2 rings (SSSR count). The van der Waals surface area contributed by atoms with Crippen LogP contribution in [0.5, 0.6) is 0 Å². The molecule has 6 heteroatoms. The maximum Gasteiger partial charge on any atom is 0.410 e. The second-order valence-corrected chi connectivity index (χ2v) is 7.36. The summed E-state index contributed by atoms with van der Waals surface area (Å²) < 4.78 is 19.3. The summed E-state index contributed by atoms with van der Waals surface area (Å²) in [5.74, 6) is -1.44. The van der Waals surface area contributed by atoms with Gasteiger partial charge in [-0.3, -0.25) is 4.79 Å². The van der Waals surface area contributed by atoms with Crippen LogP contribution in [0.4, 0.5) is 9.18 Å². The van der Waals surface area contributed by atoms with Crippen molar-refractivity contribution in [3.63, 3.8) is 0 Å². The minimum Gasteiger partial charge on any atom is -0.481 e. The van der Waals surface area contributed by atoms with Crippen LogP contribution >= 0.6 is 0 Å². The molecule has 5 nitrogen and oxygen atoms in total. The van der Waals surface area contributed by atoms with E-state index < -0.39 is 28.9 Å². The largest absolute Gasteiger partial charge is 0.481 e. The normalized spacial score (nSPS) is 21.4. The molecule has 1 aromatic carbocycles. The van der Waals surface area contributed by atoms with Gasteiger partial charge in [-0.2, -0.15) is 0 Å². The maximum absolute atomic E-state index is 14.0. The van der Waals surface area contributed by atoms with E-state index in [0.717, 1.165) is 0 Å². The first-order valence-corrected chi connectivity index (χ1v) is 8.08. The Morgan fingerprint density at radius 1 is 1.33 bits per heavy atom. The van der Waals surface area contributed by atoms with Gasteiger partial charge in [0.05, 0.1) is 5.41 Å². The van der Waals surface area contributed by atoms with Gasteiger partial charge in [0.15, 0.2) is 0 Å². The van der Waals surface area contributed by atoms with Crippen molar-refractivity contribution in [2.45, 2.75) is 45.6 Å². The van der Waals surface area contributed by atoms with E-state index in [9.17, 15) is 19.1 Å². The number of piperidine rings is 1. The molecule has 0 saturated carbocycles. The van der Waals surface area contributed by atoms with Gasteiger partial charge in [-0.25, -0.2) is 9.18 Å². The molecule has 0 aromatic heterocycles. The first kappa shape index (κ1) is 18.2. The lowest BCUT2D eigenvalue weighted by molar-refractivity contribution is -0.152. The molecule has 0 bridgehead atoms. The second-order valence-electron chi connectivity index (χ2n) is 7.36. The third-order valence-corrected chi connectivity index (χ3v) is 4.17. The van der Waals surface area contributed by atoms with Crippen molar-refractivity contribution >= 4 is 12.1 Å². The predicted molar refractivity (Wildman–Crippen MR) is 87.2 cm³/mol. The molecule has 1 atom stereocenters. The molecule has 24 heavy (non-hydrogen) atoms. The molecule has 1 unspecified atom stereocenters. The molecule has 0 radical (unpaired) electrons. The Bertz CT molecular complexity index is 626. The Kier molecular flexibility index (Phi) is 5.16. The highest BCUT2D eigenvalue weighted by atomic mass is 19.1. The standard InChI is InChI=1S/C18H24FNO4/c1-17(2,3)24-16(23)20-10-6-9-18(12-20,15(21)22)11-13-7-4-5-8-14(13)19/h4-5,7-8H,6,9-12H2,1-3H3,(H,21,22). The average molecular weight is 337 g/mol. The zero-order valence-electron chi connectivity index (χ0n) is 14.3. The number of amides is 1. The molecule has 0 aliphatic carbocycles. The Balaban J connectivity index is 2.21. The number of carboxylic acids is 1. The van der Waals surface area contributed by atoms with Gasteiger partial charge in [0, 0.05) is 13.1 Å². The first-order valence-electron chi connectivity index (χ1n) is 8.08. The van der Waals surface area contributed by atoms with E-state index in [1.165, 1.54) is 11.0 Å². The van der Waals surface area contributed by atoms with Gasteiger partial charge in [-0.05, 0) is 51.7 Å². The van der Waals surface area contributed by atoms with Crippen LogP contribution in [0.15, 0.2) is 24.3 Å². The second kappa shape index (κ2) is 6.79. The van der Waals surface area contributed by atoms with E-state index in [0.29, 0.717) is 24.9 Å². The van der Waals surface area contributed by atoms with Crippen LogP contribution in [-0.4, -0.2) is 40.8 Å². The number of carbonyl (C=O) groups excluding carboxylic acids is 1. The molecule has 1 heterocycles. The quantitative estimate of drug-likeness (QED) is 0.917. The van der Waals surface area contributed by atoms with Crippen LogP contribution in [0.1, 0.15) is 39.2 Å². The topological polar surface area (TPSA) is 66.8 Å². The van der Waals surface area contributed by atoms with Crippen LogP contribution in [-0.2, 0) is 16.0 Å². The number of aliphatic carboxylic acids is 1. The molecule has 1 amide bonds. The average Bonchev–Trinajstić information content (AvgIpc) is 2.48. The summed E-state index contributed by atoms with van der Waals surface area (Å²) in [6.45, 7) is 5.75. The summed E-state index contributed by atoms with van der Waals surface area (Å²) in [6, 6.07) is 6.16. The Labute approximate surface area is 141 Å². The van der Waals surface area contributed by atoms with Crippen molar-refractivity contribution in [2.24, 2.45) is 5.41 Å². The molecule has 1 aliphatic rings. The van der Waals surface area contributed by atoms with Gasteiger partial charge >= 0.3 is 12.1 Å². The van der Waals surface area contributed by atoms with E-state index in [2.05, 4.69) is 0 Å². The monoisotopic (exact) mass is 337 g/mol. The molecule has 0 spiro atoms. The summed E-state index contributed by atoms with van der Waals surface area (Å²) in [5, 5.41) is 9.77. The Morgan fingerprint density at radius 3 is 2.58 bits per heavy atom. The van der Waals surface area contributed by atoms with E-state index >= 15 is 0 Å². The third-order valence-electron chi connectivity index (χ3n) is 4.17. The van der Waals surface area contributed by atoms with Crippen molar-refractivity contribution < 1.29 is 23.8 Å². The fraction of sp³-hybridized carbons (Fsp3) is 0.556. The molecule has 132 valence electrons. The van der Waals surface area contributed by atoms with Crippen molar-refractivity contribution in [1.29, 1.82) is 0 Å². The SMILES string of the molecule is CC(C)(C)OC(=O)N1CCCC(Cc2ccccc2F)(C(=O)O)C1. The maximum atomic E-state index is 14.0. The molecule has 1 saturated heterocycles. The third kappa shape index (κ3) is 4.24. The minimum absolute atomic E-state index is 0.0194. The van der Waals surface area contributed by atoms with Gasteiger partial charge in [0.1, 0.15) is 11.4 Å². The lowest BCUT2D eigenvalue weighted by atomic mass is 9.75. The smallest absolute Gasteiger partial charge is 0.410 e. The van der Waals surface area contributed by atoms with Crippen molar-refractivity contribution in [1.82, 2.24) is 4.90 Å². The number of ether oxygens (including phenoxy) is 1. The summed E-state index contributed by atoms with van der Waals surface area (Å²) in [7, 11) is 0. The van der Waals surface area contributed by atoms with Gasteiger partial charge in [0.2, 0.25) is 0 Å². The number of halogens is 1. The Hall–Kier alpha value is -2.11. The van der Waals surface area contributed by atoms with E-state index in [1.807, 2.05) is 0 Å². The zero-order chi connectivity index (χ0) is 18.0. The number of hydrogen-bond acceptors (Lipinski definition) is 3. The van der Waals surface area contributed by atoms with E-state index in [-0.39, 0.29) is 13.0 Å². The minimum atomic E-state index is -1.20. The first-order chi connectivity index (χ1) is 11.1. The van der Waals surface area contributed by atoms with Gasteiger partial charge in [0.25, 0.3) is 0 Å². The van der Waals surface area contributed by atoms with E-state index in [4.69, 9.17) is 4.74 Å². The molecular formula is C18H24FNO4. The van der Waals surface area contributed by atoms with Crippen molar-refractivity contribution in [3.05, 3.63) is 35.6 Å². The van der Waals surface area contributed by atoms with E-state index in [1.54, 1.807) is 39.0 Å². The number of carbonyl (C=O) groups is 2. The predicted octanol–water partition coefficient (Wildman–Crippen LogP) is 3.47. The van der Waals surface area contributed by atoms with Crippen molar-refractivity contribution in [3.8, 4) is 0 Å². The number of hydrogen-bond donors (Lipinski definition) is 1.